The molecule has 1 heterocycles. The molecule has 1 aliphatic rings. The van der Waals surface area contributed by atoms with E-state index in [4.69, 9.17) is 16.3 Å². The standard InChI is InChI=1S/C23H15ClFNO3S/c24-17-5-1-16(2-6-17)14-29-20-11-3-15(4-12-20)13-21-22(27)26(23(28)30-21)19-9-7-18(25)8-10-19/h1-13H,14H2/b21-13-. The van der Waals surface area contributed by atoms with Crippen LogP contribution in [0.2, 0.25) is 5.02 Å². The van der Waals surface area contributed by atoms with Gasteiger partial charge in [0.2, 0.25) is 0 Å². The van der Waals surface area contributed by atoms with Crippen molar-refractivity contribution in [2.45, 2.75) is 6.61 Å². The van der Waals surface area contributed by atoms with Gasteiger partial charge in [-0.3, -0.25) is 9.59 Å². The minimum Gasteiger partial charge on any atom is -0.489 e. The molecule has 7 heteroatoms. The third-order valence-electron chi connectivity index (χ3n) is 4.38. The maximum Gasteiger partial charge on any atom is 0.298 e. The number of carbonyl (C=O) groups excluding carboxylic acids is 2. The fraction of sp³-hybridized carbons (Fsp3) is 0.0435. The summed E-state index contributed by atoms with van der Waals surface area (Å²) in [5.74, 6) is -0.180. The second-order valence-corrected chi connectivity index (χ2v) is 7.91. The van der Waals surface area contributed by atoms with E-state index in [1.165, 1.54) is 24.3 Å². The first-order valence-electron chi connectivity index (χ1n) is 9.00. The molecule has 0 N–H and O–H groups in total. The first-order chi connectivity index (χ1) is 14.5. The molecular weight excluding hydrogens is 425 g/mol. The van der Waals surface area contributed by atoms with Crippen molar-refractivity contribution in [3.05, 3.63) is 99.7 Å². The highest BCUT2D eigenvalue weighted by molar-refractivity contribution is 8.19. The smallest absolute Gasteiger partial charge is 0.298 e. The number of amides is 2. The highest BCUT2D eigenvalue weighted by atomic mass is 35.5. The zero-order chi connectivity index (χ0) is 21.1. The zero-order valence-electron chi connectivity index (χ0n) is 15.5. The Hall–Kier alpha value is -3.09. The number of ether oxygens (including phenoxy) is 1. The van der Waals surface area contributed by atoms with Crippen molar-refractivity contribution >= 4 is 46.3 Å². The van der Waals surface area contributed by atoms with Gasteiger partial charge in [-0.15, -0.1) is 0 Å². The molecule has 0 saturated carbocycles. The average Bonchev–Trinajstić information content (AvgIpc) is 3.02. The summed E-state index contributed by atoms with van der Waals surface area (Å²) < 4.78 is 18.9. The van der Waals surface area contributed by atoms with Crippen LogP contribution in [-0.2, 0) is 11.4 Å². The quantitative estimate of drug-likeness (QED) is 0.438. The van der Waals surface area contributed by atoms with Crippen molar-refractivity contribution in [3.8, 4) is 5.75 Å². The van der Waals surface area contributed by atoms with Crippen LogP contribution in [-0.4, -0.2) is 11.1 Å². The second-order valence-electron chi connectivity index (χ2n) is 6.48. The third-order valence-corrected chi connectivity index (χ3v) is 5.50. The van der Waals surface area contributed by atoms with E-state index in [1.54, 1.807) is 18.2 Å². The fourth-order valence-electron chi connectivity index (χ4n) is 2.84. The number of nitrogens with zero attached hydrogens (tertiary/aromatic N) is 1. The molecule has 3 aromatic rings. The molecule has 0 atom stereocenters. The Morgan fingerprint density at radius 3 is 2.27 bits per heavy atom. The molecule has 0 unspecified atom stereocenters. The van der Waals surface area contributed by atoms with Crippen LogP contribution in [0.25, 0.3) is 6.08 Å². The largest absolute Gasteiger partial charge is 0.489 e. The molecule has 150 valence electrons. The van der Waals surface area contributed by atoms with E-state index >= 15 is 0 Å². The van der Waals surface area contributed by atoms with Crippen LogP contribution in [0, 0.1) is 5.82 Å². The topological polar surface area (TPSA) is 46.6 Å². The van der Waals surface area contributed by atoms with Gasteiger partial charge >= 0.3 is 0 Å². The van der Waals surface area contributed by atoms with E-state index in [0.717, 1.165) is 27.8 Å². The van der Waals surface area contributed by atoms with Crippen LogP contribution >= 0.6 is 23.4 Å². The van der Waals surface area contributed by atoms with Gasteiger partial charge in [-0.1, -0.05) is 35.9 Å². The molecular formula is C23H15ClFNO3S. The van der Waals surface area contributed by atoms with Crippen molar-refractivity contribution in [2.75, 3.05) is 4.90 Å². The number of carbonyl (C=O) groups is 2. The Morgan fingerprint density at radius 1 is 0.933 bits per heavy atom. The molecule has 0 spiro atoms. The highest BCUT2D eigenvalue weighted by Crippen LogP contribution is 2.35. The Labute approximate surface area is 181 Å². The summed E-state index contributed by atoms with van der Waals surface area (Å²) in [7, 11) is 0. The van der Waals surface area contributed by atoms with Gasteiger partial charge in [-0.2, -0.15) is 0 Å². The van der Waals surface area contributed by atoms with Gasteiger partial charge in [-0.05, 0) is 77.5 Å². The zero-order valence-corrected chi connectivity index (χ0v) is 17.1. The minimum absolute atomic E-state index is 0.305. The van der Waals surface area contributed by atoms with Gasteiger partial charge in [0.05, 0.1) is 10.6 Å². The minimum atomic E-state index is -0.431. The van der Waals surface area contributed by atoms with Gasteiger partial charge < -0.3 is 4.74 Å². The van der Waals surface area contributed by atoms with Crippen molar-refractivity contribution < 1.29 is 18.7 Å². The Morgan fingerprint density at radius 2 is 1.60 bits per heavy atom. The van der Waals surface area contributed by atoms with E-state index in [9.17, 15) is 14.0 Å². The SMILES string of the molecule is O=C1S/C(=C\c2ccc(OCc3ccc(Cl)cc3)cc2)C(=O)N1c1ccc(F)cc1. The molecule has 1 fully saturated rings. The molecule has 1 saturated heterocycles. The van der Waals surface area contributed by atoms with Crippen molar-refractivity contribution in [2.24, 2.45) is 0 Å². The molecule has 0 aromatic heterocycles. The summed E-state index contributed by atoms with van der Waals surface area (Å²) >= 11 is 6.73. The Balaban J connectivity index is 1.44. The first kappa shape index (κ1) is 20.2. The van der Waals surface area contributed by atoms with E-state index in [2.05, 4.69) is 0 Å². The Bertz CT molecular complexity index is 1110. The number of anilines is 1. The molecule has 30 heavy (non-hydrogen) atoms. The normalized spacial score (nSPS) is 15.1. The van der Waals surface area contributed by atoms with E-state index in [-0.39, 0.29) is 0 Å². The summed E-state index contributed by atoms with van der Waals surface area (Å²) in [6.45, 7) is 0.410. The first-order valence-corrected chi connectivity index (χ1v) is 10.2. The predicted octanol–water partition coefficient (Wildman–Crippen LogP) is 6.30. The van der Waals surface area contributed by atoms with Crippen molar-refractivity contribution in [1.29, 1.82) is 0 Å². The van der Waals surface area contributed by atoms with Crippen LogP contribution in [0.3, 0.4) is 0 Å². The molecule has 0 aliphatic carbocycles. The number of halogens is 2. The van der Waals surface area contributed by atoms with Crippen LogP contribution in [0.5, 0.6) is 5.75 Å². The maximum absolute atomic E-state index is 13.1. The predicted molar refractivity (Wildman–Crippen MR) is 117 cm³/mol. The lowest BCUT2D eigenvalue weighted by Crippen LogP contribution is -2.27. The number of benzene rings is 3. The molecule has 4 rings (SSSR count). The van der Waals surface area contributed by atoms with E-state index in [0.29, 0.717) is 28.0 Å². The summed E-state index contributed by atoms with van der Waals surface area (Å²) in [5, 5.41) is 0.257. The van der Waals surface area contributed by atoms with Crippen LogP contribution < -0.4 is 9.64 Å². The molecule has 1 aliphatic heterocycles. The van der Waals surface area contributed by atoms with E-state index < -0.39 is 17.0 Å². The summed E-state index contributed by atoms with van der Waals surface area (Å²) in [6.07, 6.45) is 1.65. The number of rotatable bonds is 5. The number of hydrogen-bond acceptors (Lipinski definition) is 4. The lowest BCUT2D eigenvalue weighted by atomic mass is 10.2. The molecule has 0 bridgehead atoms. The van der Waals surface area contributed by atoms with Gasteiger partial charge in [-0.25, -0.2) is 9.29 Å². The van der Waals surface area contributed by atoms with Gasteiger partial charge in [0.25, 0.3) is 11.1 Å². The van der Waals surface area contributed by atoms with Crippen molar-refractivity contribution in [3.63, 3.8) is 0 Å². The molecule has 4 nitrogen and oxygen atoms in total. The maximum atomic E-state index is 13.1. The third kappa shape index (κ3) is 4.56. The summed E-state index contributed by atoms with van der Waals surface area (Å²) in [6, 6.07) is 19.9. The fourth-order valence-corrected chi connectivity index (χ4v) is 3.81. The molecule has 0 radical (unpaired) electrons. The van der Waals surface area contributed by atoms with Crippen molar-refractivity contribution in [1.82, 2.24) is 0 Å². The number of imide groups is 1. The number of thioether (sulfide) groups is 1. The summed E-state index contributed by atoms with van der Waals surface area (Å²) in [4.78, 5) is 26.3. The summed E-state index contributed by atoms with van der Waals surface area (Å²) in [5.41, 5.74) is 2.10. The highest BCUT2D eigenvalue weighted by Gasteiger charge is 2.36. The Kier molecular flexibility index (Phi) is 5.88. The van der Waals surface area contributed by atoms with E-state index in [1.807, 2.05) is 36.4 Å². The lowest BCUT2D eigenvalue weighted by Gasteiger charge is -2.11. The lowest BCUT2D eigenvalue weighted by molar-refractivity contribution is -0.113. The van der Waals surface area contributed by atoms with Gasteiger partial charge in [0, 0.05) is 5.02 Å². The van der Waals surface area contributed by atoms with Crippen LogP contribution in [0.4, 0.5) is 14.9 Å². The molecule has 3 aromatic carbocycles. The van der Waals surface area contributed by atoms with Crippen LogP contribution in [0.1, 0.15) is 11.1 Å². The second kappa shape index (κ2) is 8.73. The van der Waals surface area contributed by atoms with Crippen LogP contribution in [0.15, 0.2) is 77.7 Å². The van der Waals surface area contributed by atoms with Gasteiger partial charge in [0.15, 0.2) is 0 Å². The molecule has 2 amide bonds. The number of hydrogen-bond donors (Lipinski definition) is 0. The van der Waals surface area contributed by atoms with Gasteiger partial charge in [0.1, 0.15) is 18.2 Å². The monoisotopic (exact) mass is 439 g/mol. The average molecular weight is 440 g/mol.